The molecule has 2 amide bonds. The summed E-state index contributed by atoms with van der Waals surface area (Å²) in [4.78, 5) is 15.5. The van der Waals surface area contributed by atoms with Crippen molar-refractivity contribution in [3.8, 4) is 0 Å². The van der Waals surface area contributed by atoms with Crippen molar-refractivity contribution < 1.29 is 9.21 Å². The van der Waals surface area contributed by atoms with E-state index in [0.717, 1.165) is 5.76 Å². The molecule has 2 N–H and O–H groups in total. The second-order valence-corrected chi connectivity index (χ2v) is 3.57. The smallest absolute Gasteiger partial charge is 0.319 e. The van der Waals surface area contributed by atoms with E-state index in [2.05, 4.69) is 15.6 Å². The largest absolute Gasteiger partial charge is 0.467 e. The first kappa shape index (κ1) is 11.2. The Hall–Kier alpha value is -2.30. The van der Waals surface area contributed by atoms with E-state index in [1.807, 2.05) is 13.0 Å². The third kappa shape index (κ3) is 3.07. The van der Waals surface area contributed by atoms with Gasteiger partial charge in [-0.05, 0) is 31.2 Å². The Morgan fingerprint density at radius 3 is 2.76 bits per heavy atom. The zero-order chi connectivity index (χ0) is 12.1. The summed E-state index contributed by atoms with van der Waals surface area (Å²) in [5, 5.41) is 5.47. The van der Waals surface area contributed by atoms with E-state index in [-0.39, 0.29) is 12.1 Å². The summed E-state index contributed by atoms with van der Waals surface area (Å²) in [5.41, 5.74) is 0.698. The number of furan rings is 1. The highest BCUT2D eigenvalue weighted by molar-refractivity contribution is 5.89. The van der Waals surface area contributed by atoms with Crippen molar-refractivity contribution in [3.63, 3.8) is 0 Å². The van der Waals surface area contributed by atoms with Crippen LogP contribution in [-0.4, -0.2) is 11.0 Å². The highest BCUT2D eigenvalue weighted by Crippen LogP contribution is 2.12. The van der Waals surface area contributed by atoms with Gasteiger partial charge >= 0.3 is 6.03 Å². The van der Waals surface area contributed by atoms with E-state index in [4.69, 9.17) is 4.42 Å². The molecule has 1 atom stereocenters. The lowest BCUT2D eigenvalue weighted by molar-refractivity contribution is 0.247. The molecule has 0 aliphatic carbocycles. The number of hydrogen-bond donors (Lipinski definition) is 2. The summed E-state index contributed by atoms with van der Waals surface area (Å²) in [7, 11) is 0. The molecule has 0 saturated carbocycles. The number of carbonyl (C=O) groups excluding carboxylic acids is 1. The van der Waals surface area contributed by atoms with E-state index < -0.39 is 0 Å². The number of hydrogen-bond acceptors (Lipinski definition) is 3. The Balaban J connectivity index is 1.90. The van der Waals surface area contributed by atoms with Gasteiger partial charge in [0.1, 0.15) is 5.76 Å². The van der Waals surface area contributed by atoms with Crippen LogP contribution >= 0.6 is 0 Å². The highest BCUT2D eigenvalue weighted by atomic mass is 16.3. The molecule has 0 saturated heterocycles. The number of aromatic nitrogens is 1. The van der Waals surface area contributed by atoms with Crippen molar-refractivity contribution >= 4 is 11.7 Å². The molecule has 5 nitrogen and oxygen atoms in total. The predicted octanol–water partition coefficient (Wildman–Crippen LogP) is 2.56. The van der Waals surface area contributed by atoms with E-state index in [1.165, 1.54) is 0 Å². The van der Waals surface area contributed by atoms with Crippen LogP contribution in [0.2, 0.25) is 0 Å². The molecule has 2 aromatic heterocycles. The number of carbonyl (C=O) groups is 1. The summed E-state index contributed by atoms with van der Waals surface area (Å²) in [6.45, 7) is 1.85. The van der Waals surface area contributed by atoms with Crippen LogP contribution in [0.4, 0.5) is 10.5 Å². The Morgan fingerprint density at radius 1 is 1.35 bits per heavy atom. The number of pyridine rings is 1. The van der Waals surface area contributed by atoms with Crippen LogP contribution in [0.5, 0.6) is 0 Å². The summed E-state index contributed by atoms with van der Waals surface area (Å²) in [6.07, 6.45) is 4.81. The quantitative estimate of drug-likeness (QED) is 0.853. The van der Waals surface area contributed by atoms with Gasteiger partial charge in [0, 0.05) is 18.1 Å². The second kappa shape index (κ2) is 5.16. The van der Waals surface area contributed by atoms with Crippen LogP contribution in [0.3, 0.4) is 0 Å². The monoisotopic (exact) mass is 231 g/mol. The molecule has 0 spiro atoms. The Bertz CT molecular complexity index is 468. The van der Waals surface area contributed by atoms with Crippen molar-refractivity contribution in [2.75, 3.05) is 5.32 Å². The summed E-state index contributed by atoms with van der Waals surface area (Å²) in [6, 6.07) is 6.59. The zero-order valence-electron chi connectivity index (χ0n) is 9.38. The Labute approximate surface area is 98.9 Å². The van der Waals surface area contributed by atoms with Gasteiger partial charge in [-0.25, -0.2) is 4.79 Å². The first-order chi connectivity index (χ1) is 8.25. The average molecular weight is 231 g/mol. The molecule has 2 heterocycles. The third-order valence-corrected chi connectivity index (χ3v) is 2.26. The Morgan fingerprint density at radius 2 is 2.12 bits per heavy atom. The third-order valence-electron chi connectivity index (χ3n) is 2.26. The number of anilines is 1. The van der Waals surface area contributed by atoms with Crippen LogP contribution in [0.15, 0.2) is 47.3 Å². The minimum Gasteiger partial charge on any atom is -0.467 e. The van der Waals surface area contributed by atoms with Gasteiger partial charge in [0.25, 0.3) is 0 Å². The lowest BCUT2D eigenvalue weighted by Gasteiger charge is -2.12. The van der Waals surface area contributed by atoms with Crippen molar-refractivity contribution in [1.82, 2.24) is 10.3 Å². The number of nitrogens with one attached hydrogen (secondary N) is 2. The molecule has 2 rings (SSSR count). The number of amides is 2. The number of rotatable bonds is 3. The van der Waals surface area contributed by atoms with Gasteiger partial charge in [-0.3, -0.25) is 4.98 Å². The molecule has 5 heteroatoms. The fraction of sp³-hybridized carbons (Fsp3) is 0.167. The maximum atomic E-state index is 11.6. The molecule has 17 heavy (non-hydrogen) atoms. The van der Waals surface area contributed by atoms with E-state index >= 15 is 0 Å². The molecule has 88 valence electrons. The van der Waals surface area contributed by atoms with E-state index in [1.54, 1.807) is 36.9 Å². The number of nitrogens with zero attached hydrogens (tertiary/aromatic N) is 1. The van der Waals surface area contributed by atoms with Gasteiger partial charge in [0.2, 0.25) is 0 Å². The van der Waals surface area contributed by atoms with E-state index in [0.29, 0.717) is 5.69 Å². The normalized spacial score (nSPS) is 11.8. The van der Waals surface area contributed by atoms with Gasteiger partial charge in [-0.2, -0.15) is 0 Å². The van der Waals surface area contributed by atoms with Crippen molar-refractivity contribution in [2.45, 2.75) is 13.0 Å². The van der Waals surface area contributed by atoms with Crippen LogP contribution in [0, 0.1) is 0 Å². The summed E-state index contributed by atoms with van der Waals surface area (Å²) in [5.74, 6) is 0.717. The molecule has 0 bridgehead atoms. The molecule has 0 aliphatic rings. The fourth-order valence-electron chi connectivity index (χ4n) is 1.41. The summed E-state index contributed by atoms with van der Waals surface area (Å²) < 4.78 is 5.19. The van der Waals surface area contributed by atoms with Gasteiger partial charge < -0.3 is 15.1 Å². The molecular weight excluding hydrogens is 218 g/mol. The van der Waals surface area contributed by atoms with E-state index in [9.17, 15) is 4.79 Å². The molecule has 2 aromatic rings. The molecule has 0 aromatic carbocycles. The molecule has 0 aliphatic heterocycles. The van der Waals surface area contributed by atoms with Crippen molar-refractivity contribution in [2.24, 2.45) is 0 Å². The predicted molar refractivity (Wildman–Crippen MR) is 63.5 cm³/mol. The maximum absolute atomic E-state index is 11.6. The van der Waals surface area contributed by atoms with Crippen LogP contribution < -0.4 is 10.6 Å². The van der Waals surface area contributed by atoms with Crippen LogP contribution in [0.1, 0.15) is 18.7 Å². The minimum atomic E-state index is -0.278. The van der Waals surface area contributed by atoms with Gasteiger partial charge in [-0.1, -0.05) is 0 Å². The molecule has 0 radical (unpaired) electrons. The first-order valence-corrected chi connectivity index (χ1v) is 5.26. The first-order valence-electron chi connectivity index (χ1n) is 5.26. The average Bonchev–Trinajstić information content (AvgIpc) is 2.83. The maximum Gasteiger partial charge on any atom is 0.319 e. The Kier molecular flexibility index (Phi) is 3.40. The fourth-order valence-corrected chi connectivity index (χ4v) is 1.41. The number of urea groups is 1. The van der Waals surface area contributed by atoms with Crippen LogP contribution in [-0.2, 0) is 0 Å². The molecule has 0 fully saturated rings. The van der Waals surface area contributed by atoms with Crippen molar-refractivity contribution in [3.05, 3.63) is 48.7 Å². The zero-order valence-corrected chi connectivity index (χ0v) is 9.38. The lowest BCUT2D eigenvalue weighted by Crippen LogP contribution is -2.30. The van der Waals surface area contributed by atoms with Crippen LogP contribution in [0.25, 0.3) is 0 Å². The topological polar surface area (TPSA) is 67.2 Å². The highest BCUT2D eigenvalue weighted by Gasteiger charge is 2.11. The van der Waals surface area contributed by atoms with Crippen molar-refractivity contribution in [1.29, 1.82) is 0 Å². The van der Waals surface area contributed by atoms with Gasteiger partial charge in [0.15, 0.2) is 0 Å². The lowest BCUT2D eigenvalue weighted by atomic mass is 10.2. The summed E-state index contributed by atoms with van der Waals surface area (Å²) >= 11 is 0. The SMILES string of the molecule is CC(NC(=O)Nc1ccncc1)c1ccco1. The standard InChI is InChI=1S/C12H13N3O2/c1-9(11-3-2-8-17-11)14-12(16)15-10-4-6-13-7-5-10/h2-9H,1H3,(H2,13,14,15,16). The molecular formula is C12H13N3O2. The second-order valence-electron chi connectivity index (χ2n) is 3.57. The van der Waals surface area contributed by atoms with Gasteiger partial charge in [0.05, 0.1) is 12.3 Å². The van der Waals surface area contributed by atoms with Gasteiger partial charge in [-0.15, -0.1) is 0 Å². The molecule has 1 unspecified atom stereocenters. The minimum absolute atomic E-state index is 0.174.